The van der Waals surface area contributed by atoms with Crippen molar-refractivity contribution in [1.82, 2.24) is 0 Å². The second kappa shape index (κ2) is 7.12. The molecular formula is C16H18Cl2O. The van der Waals surface area contributed by atoms with Gasteiger partial charge in [0, 0.05) is 16.5 Å². The molecule has 1 aliphatic carbocycles. The fraction of sp³-hybridized carbons (Fsp3) is 0.438. The Morgan fingerprint density at radius 1 is 1.11 bits per heavy atom. The summed E-state index contributed by atoms with van der Waals surface area (Å²) < 4.78 is 0. The van der Waals surface area contributed by atoms with Crippen LogP contribution >= 0.6 is 23.2 Å². The van der Waals surface area contributed by atoms with Crippen LogP contribution in [0.15, 0.2) is 29.8 Å². The first-order valence-corrected chi connectivity index (χ1v) is 7.58. The van der Waals surface area contributed by atoms with Crippen LogP contribution in [0.1, 0.15) is 44.1 Å². The molecule has 0 atom stereocenters. The zero-order valence-electron chi connectivity index (χ0n) is 10.9. The highest BCUT2D eigenvalue weighted by Gasteiger charge is 2.13. The molecule has 3 heteroatoms. The third-order valence-corrected chi connectivity index (χ3v) is 4.10. The summed E-state index contributed by atoms with van der Waals surface area (Å²) in [6, 6.07) is 5.31. The molecule has 1 aromatic rings. The predicted octanol–water partition coefficient (Wildman–Crippen LogP) is 5.39. The molecule has 0 heterocycles. The number of halogens is 2. The molecule has 1 aromatic carbocycles. The van der Waals surface area contributed by atoms with E-state index in [-0.39, 0.29) is 5.78 Å². The number of allylic oxidation sites excluding steroid dienone is 2. The van der Waals surface area contributed by atoms with E-state index >= 15 is 0 Å². The molecule has 0 unspecified atom stereocenters. The molecule has 0 saturated carbocycles. The van der Waals surface area contributed by atoms with E-state index in [2.05, 4.69) is 6.08 Å². The maximum Gasteiger partial charge on any atom is 0.162 e. The van der Waals surface area contributed by atoms with Gasteiger partial charge in [-0.3, -0.25) is 4.79 Å². The fourth-order valence-electron chi connectivity index (χ4n) is 2.40. The molecule has 0 fully saturated rings. The van der Waals surface area contributed by atoms with Crippen LogP contribution in [-0.2, 0) is 11.2 Å². The van der Waals surface area contributed by atoms with Crippen molar-refractivity contribution in [3.63, 3.8) is 0 Å². The number of ketones is 1. The van der Waals surface area contributed by atoms with E-state index in [4.69, 9.17) is 23.2 Å². The van der Waals surface area contributed by atoms with Crippen molar-refractivity contribution in [2.45, 2.75) is 44.9 Å². The maximum atomic E-state index is 12.3. The fourth-order valence-corrected chi connectivity index (χ4v) is 2.87. The van der Waals surface area contributed by atoms with E-state index in [0.29, 0.717) is 16.5 Å². The molecule has 0 radical (unpaired) electrons. The lowest BCUT2D eigenvalue weighted by Crippen LogP contribution is -2.08. The molecule has 2 rings (SSSR count). The number of rotatable bonds is 3. The molecule has 0 N–H and O–H groups in total. The van der Waals surface area contributed by atoms with Gasteiger partial charge in [-0.2, -0.15) is 0 Å². The van der Waals surface area contributed by atoms with Gasteiger partial charge < -0.3 is 0 Å². The van der Waals surface area contributed by atoms with E-state index in [1.54, 1.807) is 12.1 Å². The zero-order valence-corrected chi connectivity index (χ0v) is 12.4. The summed E-state index contributed by atoms with van der Waals surface area (Å²) in [4.78, 5) is 12.3. The van der Waals surface area contributed by atoms with Gasteiger partial charge in [-0.05, 0) is 49.0 Å². The minimum atomic E-state index is 0.200. The smallest absolute Gasteiger partial charge is 0.162 e. The standard InChI is InChI=1S/C16H18Cl2O/c17-14-9-8-13(15(18)11-14)10-16(19)12-6-4-2-1-3-5-7-12/h6,8-9,11H,1-5,7,10H2/b12-6+. The van der Waals surface area contributed by atoms with Gasteiger partial charge in [0.2, 0.25) is 0 Å². The first-order valence-electron chi connectivity index (χ1n) is 6.83. The Balaban J connectivity index is 2.07. The third-order valence-electron chi connectivity index (χ3n) is 3.52. The lowest BCUT2D eigenvalue weighted by atomic mass is 9.94. The Hall–Kier alpha value is -0.790. The van der Waals surface area contributed by atoms with Crippen LogP contribution in [0.5, 0.6) is 0 Å². The highest BCUT2D eigenvalue weighted by molar-refractivity contribution is 6.35. The van der Waals surface area contributed by atoms with Crippen LogP contribution in [0.3, 0.4) is 0 Å². The van der Waals surface area contributed by atoms with Gasteiger partial charge in [0.25, 0.3) is 0 Å². The van der Waals surface area contributed by atoms with E-state index in [1.165, 1.54) is 19.3 Å². The number of hydrogen-bond acceptors (Lipinski definition) is 1. The second-order valence-corrected chi connectivity index (χ2v) is 5.86. The van der Waals surface area contributed by atoms with Crippen molar-refractivity contribution >= 4 is 29.0 Å². The summed E-state index contributed by atoms with van der Waals surface area (Å²) in [6.45, 7) is 0. The van der Waals surface area contributed by atoms with Crippen molar-refractivity contribution < 1.29 is 4.79 Å². The average molecular weight is 297 g/mol. The predicted molar refractivity (Wildman–Crippen MR) is 81.0 cm³/mol. The molecule has 0 aliphatic heterocycles. The minimum Gasteiger partial charge on any atom is -0.294 e. The summed E-state index contributed by atoms with van der Waals surface area (Å²) in [5.74, 6) is 0.200. The Morgan fingerprint density at radius 3 is 2.68 bits per heavy atom. The summed E-state index contributed by atoms with van der Waals surface area (Å²) in [6.07, 6.45) is 9.24. The number of Topliss-reactive ketones (excluding diaryl/α,β-unsaturated/α-hetero) is 1. The summed E-state index contributed by atoms with van der Waals surface area (Å²) >= 11 is 12.0. The first-order chi connectivity index (χ1) is 9.16. The van der Waals surface area contributed by atoms with Gasteiger partial charge in [-0.25, -0.2) is 0 Å². The number of carbonyl (C=O) groups excluding carboxylic acids is 1. The molecule has 0 saturated heterocycles. The van der Waals surface area contributed by atoms with Gasteiger partial charge in [0.15, 0.2) is 5.78 Å². The molecular weight excluding hydrogens is 279 g/mol. The van der Waals surface area contributed by atoms with Crippen LogP contribution in [-0.4, -0.2) is 5.78 Å². The molecule has 102 valence electrons. The topological polar surface area (TPSA) is 17.1 Å². The minimum absolute atomic E-state index is 0.200. The quantitative estimate of drug-likeness (QED) is 0.731. The van der Waals surface area contributed by atoms with Gasteiger partial charge >= 0.3 is 0 Å². The molecule has 1 aliphatic rings. The number of benzene rings is 1. The molecule has 0 spiro atoms. The van der Waals surface area contributed by atoms with Crippen molar-refractivity contribution in [2.75, 3.05) is 0 Å². The Morgan fingerprint density at radius 2 is 1.89 bits per heavy atom. The SMILES string of the molecule is O=C(Cc1ccc(Cl)cc1Cl)/C1=C/CCCCCC1. The number of hydrogen-bond donors (Lipinski definition) is 0. The molecule has 19 heavy (non-hydrogen) atoms. The lowest BCUT2D eigenvalue weighted by Gasteiger charge is -2.11. The molecule has 1 nitrogen and oxygen atoms in total. The van der Waals surface area contributed by atoms with Gasteiger partial charge in [-0.15, -0.1) is 0 Å². The summed E-state index contributed by atoms with van der Waals surface area (Å²) in [5.41, 5.74) is 1.84. The van der Waals surface area contributed by atoms with Crippen LogP contribution in [0.25, 0.3) is 0 Å². The van der Waals surface area contributed by atoms with E-state index < -0.39 is 0 Å². The van der Waals surface area contributed by atoms with Crippen LogP contribution in [0, 0.1) is 0 Å². The second-order valence-electron chi connectivity index (χ2n) is 5.02. The van der Waals surface area contributed by atoms with Gasteiger partial charge in [0.05, 0.1) is 0 Å². The monoisotopic (exact) mass is 296 g/mol. The molecule has 0 amide bonds. The van der Waals surface area contributed by atoms with Gasteiger partial charge in [-0.1, -0.05) is 48.2 Å². The Kier molecular flexibility index (Phi) is 5.47. The highest BCUT2D eigenvalue weighted by Crippen LogP contribution is 2.24. The maximum absolute atomic E-state index is 12.3. The Bertz CT molecular complexity index is 492. The van der Waals surface area contributed by atoms with Crippen LogP contribution < -0.4 is 0 Å². The van der Waals surface area contributed by atoms with Crippen molar-refractivity contribution in [3.05, 3.63) is 45.5 Å². The van der Waals surface area contributed by atoms with E-state index in [1.807, 2.05) is 6.07 Å². The van der Waals surface area contributed by atoms with E-state index in [9.17, 15) is 4.79 Å². The van der Waals surface area contributed by atoms with Crippen molar-refractivity contribution in [3.8, 4) is 0 Å². The van der Waals surface area contributed by atoms with Crippen molar-refractivity contribution in [2.24, 2.45) is 0 Å². The number of carbonyl (C=O) groups is 1. The normalized spacial score (nSPS) is 19.2. The van der Waals surface area contributed by atoms with E-state index in [0.717, 1.165) is 30.4 Å². The zero-order chi connectivity index (χ0) is 13.7. The Labute approximate surface area is 124 Å². The molecule has 0 bridgehead atoms. The first kappa shape index (κ1) is 14.6. The van der Waals surface area contributed by atoms with Crippen LogP contribution in [0.2, 0.25) is 10.0 Å². The largest absolute Gasteiger partial charge is 0.294 e. The lowest BCUT2D eigenvalue weighted by molar-refractivity contribution is -0.115. The average Bonchev–Trinajstić information content (AvgIpc) is 2.32. The van der Waals surface area contributed by atoms with Crippen LogP contribution in [0.4, 0.5) is 0 Å². The summed E-state index contributed by atoms with van der Waals surface area (Å²) in [7, 11) is 0. The van der Waals surface area contributed by atoms with Gasteiger partial charge in [0.1, 0.15) is 0 Å². The third kappa shape index (κ3) is 4.36. The van der Waals surface area contributed by atoms with Crippen molar-refractivity contribution in [1.29, 1.82) is 0 Å². The molecule has 0 aromatic heterocycles. The summed E-state index contributed by atoms with van der Waals surface area (Å²) in [5, 5.41) is 1.18. The highest BCUT2D eigenvalue weighted by atomic mass is 35.5.